The van der Waals surface area contributed by atoms with E-state index in [4.69, 9.17) is 0 Å². The Morgan fingerprint density at radius 1 is 1.04 bits per heavy atom. The maximum Gasteiger partial charge on any atom is 0.329 e. The van der Waals surface area contributed by atoms with E-state index in [-0.39, 0.29) is 18.1 Å². The molecule has 1 heterocycles. The van der Waals surface area contributed by atoms with Gasteiger partial charge in [0.15, 0.2) is 0 Å². The highest BCUT2D eigenvalue weighted by Crippen LogP contribution is 2.18. The number of nitrogens with zero attached hydrogens (tertiary/aromatic N) is 1. The van der Waals surface area contributed by atoms with Crippen molar-refractivity contribution in [3.8, 4) is 0 Å². The number of urea groups is 1. The van der Waals surface area contributed by atoms with Crippen molar-refractivity contribution in [2.45, 2.75) is 6.54 Å². The molecule has 1 fully saturated rings. The first-order valence-corrected chi connectivity index (χ1v) is 7.67. The lowest BCUT2D eigenvalue weighted by Gasteiger charge is -2.11. The number of hydrogen-bond donors (Lipinski definition) is 1. The molecule has 0 atom stereocenters. The van der Waals surface area contributed by atoms with E-state index in [1.54, 1.807) is 12.1 Å². The van der Waals surface area contributed by atoms with Crippen molar-refractivity contribution in [3.05, 3.63) is 75.6 Å². The minimum absolute atomic E-state index is 0.179. The monoisotopic (exact) mass is 374 g/mol. The third kappa shape index (κ3) is 3.48. The molecule has 2 aromatic carbocycles. The quantitative estimate of drug-likeness (QED) is 0.657. The fraction of sp³-hybridized carbons (Fsp3) is 0.0588. The molecule has 0 radical (unpaired) electrons. The van der Waals surface area contributed by atoms with Crippen molar-refractivity contribution in [1.29, 1.82) is 0 Å². The molecule has 6 heteroatoms. The van der Waals surface area contributed by atoms with Gasteiger partial charge in [-0.05, 0) is 41.5 Å². The lowest BCUT2D eigenvalue weighted by molar-refractivity contribution is -0.123. The average Bonchev–Trinajstić information content (AvgIpc) is 2.79. The van der Waals surface area contributed by atoms with Gasteiger partial charge in [-0.15, -0.1) is 0 Å². The van der Waals surface area contributed by atoms with Crippen LogP contribution in [-0.4, -0.2) is 16.8 Å². The predicted octanol–water partition coefficient (Wildman–Crippen LogP) is 3.68. The zero-order chi connectivity index (χ0) is 16.4. The molecule has 0 bridgehead atoms. The van der Waals surface area contributed by atoms with Crippen molar-refractivity contribution in [2.75, 3.05) is 0 Å². The van der Waals surface area contributed by atoms with Crippen LogP contribution in [0.15, 0.2) is 58.7 Å². The molecule has 1 aliphatic rings. The Hall–Kier alpha value is -2.47. The smallest absolute Gasteiger partial charge is 0.303 e. The van der Waals surface area contributed by atoms with Crippen LogP contribution in [0.3, 0.4) is 0 Å². The third-order valence-electron chi connectivity index (χ3n) is 3.40. The Balaban J connectivity index is 1.79. The minimum Gasteiger partial charge on any atom is -0.303 e. The summed E-state index contributed by atoms with van der Waals surface area (Å²) in [6.07, 6.45) is 1.53. The predicted molar refractivity (Wildman–Crippen MR) is 87.6 cm³/mol. The number of benzene rings is 2. The van der Waals surface area contributed by atoms with E-state index in [1.165, 1.54) is 18.2 Å². The van der Waals surface area contributed by atoms with E-state index in [9.17, 15) is 14.0 Å². The van der Waals surface area contributed by atoms with Gasteiger partial charge in [0.25, 0.3) is 5.91 Å². The van der Waals surface area contributed by atoms with Gasteiger partial charge >= 0.3 is 6.03 Å². The number of hydrogen-bond acceptors (Lipinski definition) is 2. The van der Waals surface area contributed by atoms with Crippen LogP contribution in [0.2, 0.25) is 0 Å². The van der Waals surface area contributed by atoms with Gasteiger partial charge in [0.2, 0.25) is 0 Å². The van der Waals surface area contributed by atoms with Crippen LogP contribution in [0.4, 0.5) is 9.18 Å². The van der Waals surface area contributed by atoms with E-state index < -0.39 is 11.9 Å². The number of halogens is 2. The van der Waals surface area contributed by atoms with Gasteiger partial charge in [-0.3, -0.25) is 9.69 Å². The van der Waals surface area contributed by atoms with Gasteiger partial charge in [0, 0.05) is 4.47 Å². The molecular weight excluding hydrogens is 363 g/mol. The maximum atomic E-state index is 12.9. The highest BCUT2D eigenvalue weighted by Gasteiger charge is 2.33. The number of imide groups is 1. The molecule has 0 aromatic heterocycles. The molecule has 0 aliphatic carbocycles. The molecule has 3 rings (SSSR count). The topological polar surface area (TPSA) is 49.4 Å². The van der Waals surface area contributed by atoms with Gasteiger partial charge in [-0.25, -0.2) is 9.18 Å². The molecule has 0 saturated carbocycles. The molecule has 1 saturated heterocycles. The largest absolute Gasteiger partial charge is 0.329 e. The highest BCUT2D eigenvalue weighted by molar-refractivity contribution is 9.10. The van der Waals surface area contributed by atoms with Crippen LogP contribution < -0.4 is 5.32 Å². The first-order chi connectivity index (χ1) is 11.0. The zero-order valence-electron chi connectivity index (χ0n) is 11.9. The Bertz CT molecular complexity index is 785. The van der Waals surface area contributed by atoms with Crippen molar-refractivity contribution < 1.29 is 14.0 Å². The number of carbonyl (C=O) groups excluding carboxylic acids is 2. The van der Waals surface area contributed by atoms with Crippen LogP contribution in [-0.2, 0) is 11.3 Å². The molecule has 1 aliphatic heterocycles. The molecule has 2 aromatic rings. The van der Waals surface area contributed by atoms with Gasteiger partial charge in [-0.2, -0.15) is 0 Å². The molecule has 3 amide bonds. The fourth-order valence-corrected chi connectivity index (χ4v) is 2.48. The van der Waals surface area contributed by atoms with Crippen LogP contribution >= 0.6 is 15.9 Å². The van der Waals surface area contributed by atoms with Crippen molar-refractivity contribution in [1.82, 2.24) is 10.2 Å². The van der Waals surface area contributed by atoms with E-state index in [0.29, 0.717) is 5.56 Å². The van der Waals surface area contributed by atoms with Crippen molar-refractivity contribution in [2.24, 2.45) is 0 Å². The summed E-state index contributed by atoms with van der Waals surface area (Å²) in [4.78, 5) is 25.5. The van der Waals surface area contributed by atoms with E-state index in [0.717, 1.165) is 14.9 Å². The number of nitrogens with one attached hydrogen (secondary N) is 1. The summed E-state index contributed by atoms with van der Waals surface area (Å²) < 4.78 is 13.8. The molecule has 116 valence electrons. The second-order valence-corrected chi connectivity index (χ2v) is 5.97. The lowest BCUT2D eigenvalue weighted by atomic mass is 10.2. The minimum atomic E-state index is -0.466. The standard InChI is InChI=1S/C17H12BrFN2O2/c18-13-5-1-12(2-6-13)10-21-16(22)15(20-17(21)23)9-11-3-7-14(19)8-4-11/h1-9H,10H2,(H,20,23)/b15-9+. The fourth-order valence-electron chi connectivity index (χ4n) is 2.21. The second-order valence-electron chi connectivity index (χ2n) is 5.06. The summed E-state index contributed by atoms with van der Waals surface area (Å²) in [7, 11) is 0. The van der Waals surface area contributed by atoms with Crippen molar-refractivity contribution >= 4 is 33.9 Å². The Kier molecular flexibility index (Phi) is 4.25. The summed E-state index contributed by atoms with van der Waals surface area (Å²) in [5.41, 5.74) is 1.67. The Labute approximate surface area is 140 Å². The number of carbonyl (C=O) groups is 2. The molecule has 1 N–H and O–H groups in total. The SMILES string of the molecule is O=C1N/C(=C/c2ccc(F)cc2)C(=O)N1Cc1ccc(Br)cc1. The Morgan fingerprint density at radius 2 is 1.70 bits per heavy atom. The second kappa shape index (κ2) is 6.34. The Morgan fingerprint density at radius 3 is 2.35 bits per heavy atom. The molecule has 4 nitrogen and oxygen atoms in total. The average molecular weight is 375 g/mol. The van der Waals surface area contributed by atoms with Crippen LogP contribution in [0, 0.1) is 5.82 Å². The van der Waals surface area contributed by atoms with Gasteiger partial charge < -0.3 is 5.32 Å². The van der Waals surface area contributed by atoms with Crippen LogP contribution in [0.1, 0.15) is 11.1 Å². The van der Waals surface area contributed by atoms with Crippen molar-refractivity contribution in [3.63, 3.8) is 0 Å². The summed E-state index contributed by atoms with van der Waals surface area (Å²) in [5, 5.41) is 2.54. The van der Waals surface area contributed by atoms with Crippen LogP contribution in [0.5, 0.6) is 0 Å². The molecule has 23 heavy (non-hydrogen) atoms. The van der Waals surface area contributed by atoms with Gasteiger partial charge in [0.1, 0.15) is 11.5 Å². The molecular formula is C17H12BrFN2O2. The normalized spacial score (nSPS) is 16.1. The molecule has 0 unspecified atom stereocenters. The van der Waals surface area contributed by atoms with Gasteiger partial charge in [-0.1, -0.05) is 40.2 Å². The van der Waals surface area contributed by atoms with E-state index in [2.05, 4.69) is 21.2 Å². The first kappa shape index (κ1) is 15.4. The van der Waals surface area contributed by atoms with Gasteiger partial charge in [0.05, 0.1) is 6.54 Å². The van der Waals surface area contributed by atoms with E-state index in [1.807, 2.05) is 24.3 Å². The summed E-state index contributed by atoms with van der Waals surface area (Å²) in [6, 6.07) is 12.6. The number of rotatable bonds is 3. The summed E-state index contributed by atoms with van der Waals surface area (Å²) in [6.45, 7) is 0.193. The van der Waals surface area contributed by atoms with Crippen LogP contribution in [0.25, 0.3) is 6.08 Å². The lowest BCUT2D eigenvalue weighted by Crippen LogP contribution is -2.30. The maximum absolute atomic E-state index is 12.9. The zero-order valence-corrected chi connectivity index (χ0v) is 13.5. The highest BCUT2D eigenvalue weighted by atomic mass is 79.9. The summed E-state index contributed by atoms with van der Waals surface area (Å²) >= 11 is 3.34. The first-order valence-electron chi connectivity index (χ1n) is 6.87. The van der Waals surface area contributed by atoms with E-state index >= 15 is 0 Å². The molecule has 0 spiro atoms. The summed E-state index contributed by atoms with van der Waals surface area (Å²) in [5.74, 6) is -0.756. The third-order valence-corrected chi connectivity index (χ3v) is 3.93. The number of amides is 3.